The second-order valence-electron chi connectivity index (χ2n) is 3.94. The molecule has 0 aliphatic heterocycles. The molecule has 0 bridgehead atoms. The number of rotatable bonds is 6. The molecule has 1 rings (SSSR count). The summed E-state index contributed by atoms with van der Waals surface area (Å²) >= 11 is 0. The quantitative estimate of drug-likeness (QED) is 0.533. The van der Waals surface area contributed by atoms with Crippen molar-refractivity contribution in [1.29, 1.82) is 0 Å². The largest absolute Gasteiger partial charge is 2.00 e. The molecular formula is C10H12Co2O6P2. The molecule has 0 aliphatic rings. The summed E-state index contributed by atoms with van der Waals surface area (Å²) in [6, 6.07) is 6.55. The fourth-order valence-corrected chi connectivity index (χ4v) is 2.59. The van der Waals surface area contributed by atoms with E-state index in [1.165, 1.54) is 0 Å². The number of hydrogen-bond donors (Lipinski definition) is 0. The first-order valence-corrected chi connectivity index (χ1v) is 8.72. The predicted octanol–water partition coefficient (Wildman–Crippen LogP) is -1.41. The molecule has 1 aromatic carbocycles. The molecule has 0 unspecified atom stereocenters. The molecule has 10 heteroatoms. The van der Waals surface area contributed by atoms with Gasteiger partial charge < -0.3 is 28.7 Å². The molecule has 20 heavy (non-hydrogen) atoms. The minimum atomic E-state index is -4.58. The van der Waals surface area contributed by atoms with E-state index in [4.69, 9.17) is 0 Å². The maximum atomic E-state index is 10.6. The number of aryl methyl sites for hydroxylation is 2. The van der Waals surface area contributed by atoms with Crippen LogP contribution in [0.1, 0.15) is 11.1 Å². The molecular weight excluding hydrogens is 396 g/mol. The monoisotopic (exact) mass is 408 g/mol. The molecule has 0 N–H and O–H groups in total. The van der Waals surface area contributed by atoms with Gasteiger partial charge in [0.05, 0.1) is 0 Å². The van der Waals surface area contributed by atoms with Gasteiger partial charge in [0.2, 0.25) is 0 Å². The summed E-state index contributed by atoms with van der Waals surface area (Å²) in [4.78, 5) is 42.2. The zero-order valence-corrected chi connectivity index (χ0v) is 14.0. The van der Waals surface area contributed by atoms with Crippen LogP contribution < -0.4 is 19.6 Å². The Balaban J connectivity index is 0. The summed E-state index contributed by atoms with van der Waals surface area (Å²) < 4.78 is 21.1. The molecule has 1 aromatic rings. The summed E-state index contributed by atoms with van der Waals surface area (Å²) in [6.07, 6.45) is -0.974. The first-order chi connectivity index (χ1) is 8.17. The van der Waals surface area contributed by atoms with E-state index < -0.39 is 27.5 Å². The fraction of sp³-hybridized carbons (Fsp3) is 0.400. The van der Waals surface area contributed by atoms with Crippen molar-refractivity contribution in [1.82, 2.24) is 0 Å². The van der Waals surface area contributed by atoms with E-state index in [0.29, 0.717) is 11.1 Å². The van der Waals surface area contributed by atoms with Gasteiger partial charge in [-0.3, -0.25) is 0 Å². The van der Waals surface area contributed by atoms with E-state index >= 15 is 0 Å². The normalized spacial score (nSPS) is 11.4. The summed E-state index contributed by atoms with van der Waals surface area (Å²) in [5.74, 6) is 0. The van der Waals surface area contributed by atoms with Gasteiger partial charge >= 0.3 is 33.6 Å². The zero-order valence-electron chi connectivity index (χ0n) is 10.1. The third kappa shape index (κ3) is 10.3. The van der Waals surface area contributed by atoms with Crippen LogP contribution in [-0.2, 0) is 55.5 Å². The third-order valence-corrected chi connectivity index (χ3v) is 3.97. The van der Waals surface area contributed by atoms with Crippen LogP contribution in [0.25, 0.3) is 0 Å². The number of hydrogen-bond acceptors (Lipinski definition) is 6. The van der Waals surface area contributed by atoms with Gasteiger partial charge in [-0.05, 0) is 36.3 Å². The van der Waals surface area contributed by atoms with Crippen LogP contribution in [0.4, 0.5) is 0 Å². The van der Waals surface area contributed by atoms with E-state index in [1.807, 2.05) is 0 Å². The van der Waals surface area contributed by atoms with Crippen molar-refractivity contribution in [2.24, 2.45) is 0 Å². The fourth-order valence-electron chi connectivity index (χ4n) is 1.56. The molecule has 0 fully saturated rings. The van der Waals surface area contributed by atoms with Crippen LogP contribution in [0.2, 0.25) is 0 Å². The molecule has 0 atom stereocenters. The smallest absolute Gasteiger partial charge is 0.811 e. The second kappa shape index (κ2) is 9.53. The molecule has 0 heterocycles. The van der Waals surface area contributed by atoms with Crippen molar-refractivity contribution >= 4 is 15.2 Å². The standard InChI is InChI=1S/C10H16O6P2.2Co/c11-17(12,13)7-5-9-3-1-2-4-10(9)6-8-18(14,15)16;;/h1-4H,5-8H2,(H2,11,12,13)(H2,14,15,16);;/q;2*+2/p-4. The summed E-state index contributed by atoms with van der Waals surface area (Å²) in [5.41, 5.74) is 1.16. The van der Waals surface area contributed by atoms with Crippen molar-refractivity contribution in [3.63, 3.8) is 0 Å². The molecule has 2 radical (unpaired) electrons. The van der Waals surface area contributed by atoms with Crippen LogP contribution in [0.15, 0.2) is 24.3 Å². The maximum Gasteiger partial charge on any atom is 2.00 e. The van der Waals surface area contributed by atoms with Gasteiger partial charge in [0, 0.05) is 0 Å². The number of benzene rings is 1. The average molecular weight is 408 g/mol. The molecule has 0 amide bonds. The van der Waals surface area contributed by atoms with Crippen LogP contribution >= 0.6 is 15.2 Å². The summed E-state index contributed by atoms with van der Waals surface area (Å²) in [6.45, 7) is 0. The van der Waals surface area contributed by atoms with Crippen LogP contribution in [0, 0.1) is 0 Å². The SMILES string of the molecule is O=P([O-])([O-])CCc1ccccc1CCP(=O)([O-])[O-].[Co+2].[Co+2]. The van der Waals surface area contributed by atoms with E-state index in [0.717, 1.165) is 0 Å². The maximum absolute atomic E-state index is 10.6. The van der Waals surface area contributed by atoms with Gasteiger partial charge in [0.25, 0.3) is 0 Å². The summed E-state index contributed by atoms with van der Waals surface area (Å²) in [7, 11) is -9.16. The van der Waals surface area contributed by atoms with Crippen molar-refractivity contribution in [2.75, 3.05) is 12.3 Å². The van der Waals surface area contributed by atoms with Gasteiger partial charge in [0.1, 0.15) is 0 Å². The molecule has 6 nitrogen and oxygen atoms in total. The molecule has 0 saturated heterocycles. The van der Waals surface area contributed by atoms with Crippen molar-refractivity contribution in [3.05, 3.63) is 35.4 Å². The van der Waals surface area contributed by atoms with Gasteiger partial charge in [-0.15, -0.1) is 0 Å². The van der Waals surface area contributed by atoms with Gasteiger partial charge in [-0.25, -0.2) is 0 Å². The Labute approximate surface area is 138 Å². The molecule has 0 aromatic heterocycles. The first-order valence-electron chi connectivity index (χ1n) is 5.26. The van der Waals surface area contributed by atoms with Crippen LogP contribution in [-0.4, -0.2) is 12.3 Å². The predicted molar refractivity (Wildman–Crippen MR) is 58.8 cm³/mol. The molecule has 116 valence electrons. The molecule has 0 saturated carbocycles. The van der Waals surface area contributed by atoms with E-state index in [9.17, 15) is 28.7 Å². The van der Waals surface area contributed by atoms with Gasteiger partial charge in [-0.1, -0.05) is 39.5 Å². The van der Waals surface area contributed by atoms with Gasteiger partial charge in [0.15, 0.2) is 0 Å². The third-order valence-electron chi connectivity index (χ3n) is 2.43. The van der Waals surface area contributed by atoms with Crippen LogP contribution in [0.3, 0.4) is 0 Å². The topological polar surface area (TPSA) is 126 Å². The van der Waals surface area contributed by atoms with E-state index in [1.54, 1.807) is 24.3 Å². The zero-order chi connectivity index (χ0) is 13.8. The Morgan fingerprint density at radius 2 is 1.05 bits per heavy atom. The Kier molecular flexibility index (Phi) is 10.9. The van der Waals surface area contributed by atoms with E-state index in [-0.39, 0.29) is 46.4 Å². The molecule has 0 aliphatic carbocycles. The van der Waals surface area contributed by atoms with E-state index in [2.05, 4.69) is 0 Å². The van der Waals surface area contributed by atoms with Crippen molar-refractivity contribution in [2.45, 2.75) is 12.8 Å². The second-order valence-corrected chi connectivity index (χ2v) is 7.28. The molecule has 0 spiro atoms. The Morgan fingerprint density at radius 1 is 0.750 bits per heavy atom. The Morgan fingerprint density at radius 3 is 1.30 bits per heavy atom. The van der Waals surface area contributed by atoms with Crippen molar-refractivity contribution in [3.8, 4) is 0 Å². The minimum Gasteiger partial charge on any atom is -0.811 e. The minimum absolute atomic E-state index is 0. The van der Waals surface area contributed by atoms with Gasteiger partial charge in [-0.2, -0.15) is 0 Å². The average Bonchev–Trinajstić information content (AvgIpc) is 2.22. The first kappa shape index (κ1) is 22.8. The van der Waals surface area contributed by atoms with Crippen molar-refractivity contribution < 1.29 is 62.3 Å². The Bertz CT molecular complexity index is 453. The van der Waals surface area contributed by atoms with Crippen LogP contribution in [0.5, 0.6) is 0 Å². The summed E-state index contributed by atoms with van der Waals surface area (Å²) in [5, 5.41) is 0. The Hall–Kier alpha value is 0.533.